The number of anilines is 1. The molecule has 2 atom stereocenters. The normalized spacial score (nSPS) is 26.7. The molecule has 1 fully saturated rings. The summed E-state index contributed by atoms with van der Waals surface area (Å²) in [4.78, 5) is 10.5. The van der Waals surface area contributed by atoms with Gasteiger partial charge in [-0.3, -0.25) is 4.98 Å². The Balaban J connectivity index is 2.21. The predicted octanol–water partition coefficient (Wildman–Crippen LogP) is 1.74. The second kappa shape index (κ2) is 4.33. The van der Waals surface area contributed by atoms with Gasteiger partial charge < -0.3 is 9.64 Å². The minimum Gasteiger partial charge on any atom is -0.375 e. The Morgan fingerprint density at radius 2 is 2.27 bits per heavy atom. The highest BCUT2D eigenvalue weighted by atomic mass is 35.5. The smallest absolute Gasteiger partial charge is 0.149 e. The first kappa shape index (κ1) is 10.6. The van der Waals surface area contributed by atoms with Crippen LogP contribution >= 0.6 is 11.6 Å². The molecule has 1 aromatic rings. The van der Waals surface area contributed by atoms with Gasteiger partial charge in [0.1, 0.15) is 11.0 Å². The van der Waals surface area contributed by atoms with Gasteiger partial charge in [-0.05, 0) is 13.8 Å². The van der Waals surface area contributed by atoms with Crippen molar-refractivity contribution in [1.82, 2.24) is 9.97 Å². The lowest BCUT2D eigenvalue weighted by molar-refractivity contribution is 0.0340. The summed E-state index contributed by atoms with van der Waals surface area (Å²) in [5.74, 6) is 0.824. The summed E-state index contributed by atoms with van der Waals surface area (Å²) >= 11 is 5.82. The van der Waals surface area contributed by atoms with E-state index in [0.717, 1.165) is 19.0 Å². The lowest BCUT2D eigenvalue weighted by Gasteiger charge is -2.37. The topological polar surface area (TPSA) is 38.2 Å². The van der Waals surface area contributed by atoms with Crippen LogP contribution < -0.4 is 4.90 Å². The molecule has 0 radical (unpaired) electrons. The second-order valence-electron chi connectivity index (χ2n) is 3.85. The van der Waals surface area contributed by atoms with Crippen molar-refractivity contribution in [3.05, 3.63) is 17.5 Å². The van der Waals surface area contributed by atoms with E-state index in [2.05, 4.69) is 28.7 Å². The average molecular weight is 228 g/mol. The van der Waals surface area contributed by atoms with E-state index in [9.17, 15) is 0 Å². The van der Waals surface area contributed by atoms with E-state index >= 15 is 0 Å². The van der Waals surface area contributed by atoms with Crippen molar-refractivity contribution >= 4 is 17.4 Å². The van der Waals surface area contributed by atoms with E-state index in [0.29, 0.717) is 11.2 Å². The SMILES string of the molecule is CC1CN(c2cncc(Cl)n2)C(C)CO1. The molecule has 1 aromatic heterocycles. The van der Waals surface area contributed by atoms with Crippen LogP contribution in [-0.2, 0) is 4.74 Å². The Hall–Kier alpha value is -0.870. The zero-order valence-electron chi connectivity index (χ0n) is 8.85. The van der Waals surface area contributed by atoms with Gasteiger partial charge in [-0.2, -0.15) is 0 Å². The molecule has 82 valence electrons. The van der Waals surface area contributed by atoms with Crippen LogP contribution in [0.3, 0.4) is 0 Å². The number of rotatable bonds is 1. The Kier molecular flexibility index (Phi) is 3.07. The van der Waals surface area contributed by atoms with Crippen molar-refractivity contribution in [3.63, 3.8) is 0 Å². The van der Waals surface area contributed by atoms with Crippen molar-refractivity contribution in [2.45, 2.75) is 26.0 Å². The maximum absolute atomic E-state index is 5.82. The third-order valence-electron chi connectivity index (χ3n) is 2.49. The number of halogens is 1. The van der Waals surface area contributed by atoms with Crippen LogP contribution in [0.2, 0.25) is 5.15 Å². The molecule has 0 bridgehead atoms. The summed E-state index contributed by atoms with van der Waals surface area (Å²) in [6, 6.07) is 0.314. The van der Waals surface area contributed by atoms with E-state index in [4.69, 9.17) is 16.3 Å². The zero-order chi connectivity index (χ0) is 10.8. The van der Waals surface area contributed by atoms with Gasteiger partial charge in [0.2, 0.25) is 0 Å². The summed E-state index contributed by atoms with van der Waals surface area (Å²) in [6.45, 7) is 5.71. The van der Waals surface area contributed by atoms with Crippen LogP contribution in [0.5, 0.6) is 0 Å². The largest absolute Gasteiger partial charge is 0.375 e. The third kappa shape index (κ3) is 2.38. The molecule has 1 aliphatic heterocycles. The van der Waals surface area contributed by atoms with Crippen LogP contribution in [0.1, 0.15) is 13.8 Å². The molecule has 0 spiro atoms. The first-order valence-corrected chi connectivity index (χ1v) is 5.40. The summed E-state index contributed by atoms with van der Waals surface area (Å²) in [5, 5.41) is 0.429. The molecule has 15 heavy (non-hydrogen) atoms. The Labute approximate surface area is 94.2 Å². The number of hydrogen-bond acceptors (Lipinski definition) is 4. The van der Waals surface area contributed by atoms with E-state index in [1.807, 2.05) is 0 Å². The monoisotopic (exact) mass is 227 g/mol. The zero-order valence-corrected chi connectivity index (χ0v) is 9.61. The molecule has 1 aliphatic rings. The number of hydrogen-bond donors (Lipinski definition) is 0. The molecule has 2 rings (SSSR count). The summed E-state index contributed by atoms with van der Waals surface area (Å²) in [6.07, 6.45) is 3.50. The Morgan fingerprint density at radius 3 is 3.00 bits per heavy atom. The fourth-order valence-corrected chi connectivity index (χ4v) is 1.84. The van der Waals surface area contributed by atoms with E-state index in [-0.39, 0.29) is 6.10 Å². The highest BCUT2D eigenvalue weighted by molar-refractivity contribution is 6.29. The van der Waals surface area contributed by atoms with Crippen LogP contribution in [0.25, 0.3) is 0 Å². The highest BCUT2D eigenvalue weighted by Crippen LogP contribution is 2.19. The summed E-state index contributed by atoms with van der Waals surface area (Å²) in [7, 11) is 0. The van der Waals surface area contributed by atoms with Gasteiger partial charge >= 0.3 is 0 Å². The molecule has 0 saturated carbocycles. The number of morpholine rings is 1. The molecule has 0 aliphatic carbocycles. The number of aromatic nitrogens is 2. The second-order valence-corrected chi connectivity index (χ2v) is 4.23. The average Bonchev–Trinajstić information content (AvgIpc) is 2.22. The molecule has 5 heteroatoms. The van der Waals surface area contributed by atoms with Crippen molar-refractivity contribution in [1.29, 1.82) is 0 Å². The molecule has 2 heterocycles. The van der Waals surface area contributed by atoms with Crippen LogP contribution in [0, 0.1) is 0 Å². The van der Waals surface area contributed by atoms with Gasteiger partial charge in [-0.1, -0.05) is 11.6 Å². The van der Waals surface area contributed by atoms with Crippen LogP contribution in [0.15, 0.2) is 12.4 Å². The molecule has 1 saturated heterocycles. The van der Waals surface area contributed by atoms with E-state index in [1.165, 1.54) is 0 Å². The fourth-order valence-electron chi connectivity index (χ4n) is 1.69. The molecular weight excluding hydrogens is 214 g/mol. The third-order valence-corrected chi connectivity index (χ3v) is 2.68. The van der Waals surface area contributed by atoms with E-state index in [1.54, 1.807) is 12.4 Å². The summed E-state index contributed by atoms with van der Waals surface area (Å²) in [5.41, 5.74) is 0. The minimum absolute atomic E-state index is 0.224. The molecule has 0 amide bonds. The maximum Gasteiger partial charge on any atom is 0.149 e. The van der Waals surface area contributed by atoms with Crippen molar-refractivity contribution in [2.75, 3.05) is 18.1 Å². The minimum atomic E-state index is 0.224. The standard InChI is InChI=1S/C10H14ClN3O/c1-7-6-15-8(2)5-14(7)10-4-12-3-9(11)13-10/h3-4,7-8H,5-6H2,1-2H3. The predicted molar refractivity (Wildman–Crippen MR) is 59.3 cm³/mol. The first-order chi connectivity index (χ1) is 7.16. The van der Waals surface area contributed by atoms with Crippen LogP contribution in [-0.4, -0.2) is 35.3 Å². The molecule has 0 N–H and O–H groups in total. The quantitative estimate of drug-likeness (QED) is 0.733. The molecule has 2 unspecified atom stereocenters. The maximum atomic E-state index is 5.82. The van der Waals surface area contributed by atoms with Crippen molar-refractivity contribution < 1.29 is 4.74 Å². The first-order valence-electron chi connectivity index (χ1n) is 5.02. The van der Waals surface area contributed by atoms with Gasteiger partial charge in [-0.25, -0.2) is 4.98 Å². The van der Waals surface area contributed by atoms with Gasteiger partial charge in [0, 0.05) is 6.54 Å². The van der Waals surface area contributed by atoms with Crippen molar-refractivity contribution in [2.24, 2.45) is 0 Å². The lowest BCUT2D eigenvalue weighted by Crippen LogP contribution is -2.47. The van der Waals surface area contributed by atoms with Gasteiger partial charge in [0.15, 0.2) is 0 Å². The van der Waals surface area contributed by atoms with Gasteiger partial charge in [0.05, 0.1) is 31.1 Å². The fraction of sp³-hybridized carbons (Fsp3) is 0.600. The lowest BCUT2D eigenvalue weighted by atomic mass is 10.2. The number of nitrogens with zero attached hydrogens (tertiary/aromatic N) is 3. The van der Waals surface area contributed by atoms with Gasteiger partial charge in [-0.15, -0.1) is 0 Å². The Morgan fingerprint density at radius 1 is 1.47 bits per heavy atom. The van der Waals surface area contributed by atoms with Crippen LogP contribution in [0.4, 0.5) is 5.82 Å². The highest BCUT2D eigenvalue weighted by Gasteiger charge is 2.24. The van der Waals surface area contributed by atoms with Crippen molar-refractivity contribution in [3.8, 4) is 0 Å². The molecule has 0 aromatic carbocycles. The number of ether oxygens (including phenoxy) is 1. The Bertz CT molecular complexity index is 347. The molecular formula is C10H14ClN3O. The van der Waals surface area contributed by atoms with E-state index < -0.39 is 0 Å². The summed E-state index contributed by atoms with van der Waals surface area (Å²) < 4.78 is 5.55. The molecule has 4 nitrogen and oxygen atoms in total. The van der Waals surface area contributed by atoms with Gasteiger partial charge in [0.25, 0.3) is 0 Å².